The van der Waals surface area contributed by atoms with E-state index < -0.39 is 40.0 Å². The largest absolute Gasteiger partial charge is 0.548 e. The molecule has 0 radical (unpaired) electrons. The van der Waals surface area contributed by atoms with Crippen molar-refractivity contribution in [2.24, 2.45) is 0 Å². The van der Waals surface area contributed by atoms with E-state index in [-0.39, 0.29) is 5.76 Å². The number of nitrogens with zero attached hydrogens (tertiary/aromatic N) is 1. The molecule has 0 spiro atoms. The molecule has 2 aliphatic rings. The third-order valence-corrected chi connectivity index (χ3v) is 5.75. The third kappa shape index (κ3) is 2.23. The van der Waals surface area contributed by atoms with E-state index >= 15 is 0 Å². The smallest absolute Gasteiger partial charge is 0.287 e. The number of nitrogens with one attached hydrogen (secondary N) is 1. The molecule has 118 valence electrons. The molecule has 1 aromatic rings. The topological polar surface area (TPSA) is 103 Å². The molecule has 0 aromatic carbocycles. The molecule has 2 saturated heterocycles. The van der Waals surface area contributed by atoms with Crippen LogP contribution in [-0.2, 0) is 9.59 Å². The summed E-state index contributed by atoms with van der Waals surface area (Å²) in [5.74, 6) is -2.14. The second-order valence-corrected chi connectivity index (χ2v) is 8.19. The molecule has 0 aliphatic carbocycles. The van der Waals surface area contributed by atoms with Crippen LogP contribution in [0.25, 0.3) is 0 Å². The fourth-order valence-electron chi connectivity index (χ4n) is 2.78. The van der Waals surface area contributed by atoms with Gasteiger partial charge >= 0.3 is 0 Å². The molecule has 3 rings (SSSR count). The summed E-state index contributed by atoms with van der Waals surface area (Å²) in [6.45, 7) is 3.48. The number of β-lactam (4-membered cyclic amide) rings is 1. The van der Waals surface area contributed by atoms with Gasteiger partial charge in [-0.25, -0.2) is 0 Å². The number of furan rings is 1. The first-order valence-electron chi connectivity index (χ1n) is 6.49. The zero-order valence-electron chi connectivity index (χ0n) is 11.7. The Kier molecular flexibility index (Phi) is 3.52. The van der Waals surface area contributed by atoms with E-state index in [2.05, 4.69) is 21.2 Å². The molecule has 22 heavy (non-hydrogen) atoms. The molecule has 3 heterocycles. The highest BCUT2D eigenvalue weighted by molar-refractivity contribution is 9.10. The summed E-state index contributed by atoms with van der Waals surface area (Å²) < 4.78 is 4.87. The maximum Gasteiger partial charge on any atom is 0.287 e. The molecule has 9 heteroatoms. The lowest BCUT2D eigenvalue weighted by Gasteiger charge is -2.45. The zero-order valence-corrected chi connectivity index (χ0v) is 14.1. The molecular weight excluding hydrogens is 376 g/mol. The van der Waals surface area contributed by atoms with Crippen molar-refractivity contribution in [2.75, 3.05) is 0 Å². The number of carbonyl (C=O) groups is 3. The minimum absolute atomic E-state index is 0.0804. The van der Waals surface area contributed by atoms with Crippen LogP contribution in [0.4, 0.5) is 0 Å². The summed E-state index contributed by atoms with van der Waals surface area (Å²) in [7, 11) is 0. The number of carbonyl (C=O) groups excluding carboxylic acids is 3. The number of hydrogen-bond donors (Lipinski definition) is 1. The molecule has 2 aliphatic heterocycles. The summed E-state index contributed by atoms with van der Waals surface area (Å²) in [4.78, 5) is 36.8. The average Bonchev–Trinajstić information content (AvgIpc) is 2.95. The van der Waals surface area contributed by atoms with Gasteiger partial charge < -0.3 is 24.5 Å². The van der Waals surface area contributed by atoms with Crippen molar-refractivity contribution >= 4 is 45.5 Å². The SMILES string of the molecule is CC1(C)SC2C(NC(=O)c3ccc(Br)o3)C(=O)N2C1C(=O)[O-]. The molecule has 2 amide bonds. The Bertz CT molecular complexity index is 673. The predicted octanol–water partition coefficient (Wildman–Crippen LogP) is -0.0473. The van der Waals surface area contributed by atoms with Gasteiger partial charge in [-0.15, -0.1) is 11.8 Å². The van der Waals surface area contributed by atoms with Gasteiger partial charge in [-0.3, -0.25) is 9.59 Å². The maximum atomic E-state index is 12.2. The monoisotopic (exact) mass is 387 g/mol. The summed E-state index contributed by atoms with van der Waals surface area (Å²) >= 11 is 4.43. The van der Waals surface area contributed by atoms with Crippen molar-refractivity contribution in [2.45, 2.75) is 36.1 Å². The van der Waals surface area contributed by atoms with Crippen molar-refractivity contribution in [3.8, 4) is 0 Å². The van der Waals surface area contributed by atoms with E-state index in [0.717, 1.165) is 0 Å². The highest BCUT2D eigenvalue weighted by Crippen LogP contribution is 2.50. The van der Waals surface area contributed by atoms with Gasteiger partial charge in [0.1, 0.15) is 11.4 Å². The Balaban J connectivity index is 1.75. The number of amides is 2. The van der Waals surface area contributed by atoms with Gasteiger partial charge in [0.05, 0.1) is 12.0 Å². The quantitative estimate of drug-likeness (QED) is 0.729. The van der Waals surface area contributed by atoms with Gasteiger partial charge in [0.15, 0.2) is 10.4 Å². The first-order chi connectivity index (χ1) is 10.2. The van der Waals surface area contributed by atoms with Crippen molar-refractivity contribution < 1.29 is 23.9 Å². The van der Waals surface area contributed by atoms with Gasteiger partial charge in [0, 0.05) is 4.75 Å². The van der Waals surface area contributed by atoms with Crippen LogP contribution in [0.2, 0.25) is 0 Å². The van der Waals surface area contributed by atoms with Crippen LogP contribution in [0.15, 0.2) is 21.2 Å². The van der Waals surface area contributed by atoms with Crippen molar-refractivity contribution in [3.05, 3.63) is 22.6 Å². The van der Waals surface area contributed by atoms with E-state index in [1.165, 1.54) is 22.7 Å². The van der Waals surface area contributed by atoms with Crippen LogP contribution in [0.1, 0.15) is 24.4 Å². The van der Waals surface area contributed by atoms with E-state index in [9.17, 15) is 19.5 Å². The van der Waals surface area contributed by atoms with Crippen molar-refractivity contribution in [1.82, 2.24) is 10.2 Å². The van der Waals surface area contributed by atoms with Crippen LogP contribution in [0, 0.1) is 0 Å². The summed E-state index contributed by atoms with van der Waals surface area (Å²) in [6, 6.07) is 1.30. The number of fused-ring (bicyclic) bond motifs is 1. The van der Waals surface area contributed by atoms with Gasteiger partial charge in [0.25, 0.3) is 5.91 Å². The number of carboxylic acid groups (broad SMARTS) is 1. The van der Waals surface area contributed by atoms with Crippen molar-refractivity contribution in [1.29, 1.82) is 0 Å². The summed E-state index contributed by atoms with van der Waals surface area (Å²) in [6.07, 6.45) is 0. The number of thioether (sulfide) groups is 1. The van der Waals surface area contributed by atoms with E-state index in [1.807, 2.05) is 0 Å². The lowest BCUT2D eigenvalue weighted by atomic mass is 9.96. The average molecular weight is 388 g/mol. The second-order valence-electron chi connectivity index (χ2n) is 5.63. The maximum absolute atomic E-state index is 12.2. The summed E-state index contributed by atoms with van der Waals surface area (Å²) in [5.41, 5.74) is 0. The lowest BCUT2D eigenvalue weighted by molar-refractivity contribution is -0.312. The molecule has 2 fully saturated rings. The molecule has 1 aromatic heterocycles. The van der Waals surface area contributed by atoms with Crippen LogP contribution in [0.5, 0.6) is 0 Å². The highest BCUT2D eigenvalue weighted by atomic mass is 79.9. The molecule has 1 N–H and O–H groups in total. The standard InChI is InChI=1S/C13H13BrN2O5S/c1-13(2)8(12(19)20)16-10(18)7(11(16)22-13)15-9(17)5-3-4-6(14)21-5/h3-4,7-8,11H,1-2H3,(H,15,17)(H,19,20)/p-1. The van der Waals surface area contributed by atoms with Crippen LogP contribution in [-0.4, -0.2) is 44.9 Å². The van der Waals surface area contributed by atoms with Crippen LogP contribution < -0.4 is 10.4 Å². The number of carboxylic acids is 1. The first kappa shape index (κ1) is 15.4. The Morgan fingerprint density at radius 3 is 2.68 bits per heavy atom. The zero-order chi connectivity index (χ0) is 16.2. The first-order valence-corrected chi connectivity index (χ1v) is 8.16. The normalized spacial score (nSPS) is 29.0. The molecule has 7 nitrogen and oxygen atoms in total. The lowest BCUT2D eigenvalue weighted by Crippen LogP contribution is -2.71. The van der Waals surface area contributed by atoms with Gasteiger partial charge in [-0.05, 0) is 41.9 Å². The van der Waals surface area contributed by atoms with Gasteiger partial charge in [0.2, 0.25) is 5.91 Å². The minimum atomic E-state index is -1.28. The van der Waals surface area contributed by atoms with E-state index in [0.29, 0.717) is 4.67 Å². The predicted molar refractivity (Wildman–Crippen MR) is 78.8 cm³/mol. The molecule has 3 atom stereocenters. The third-order valence-electron chi connectivity index (χ3n) is 3.75. The summed E-state index contributed by atoms with van der Waals surface area (Å²) in [5, 5.41) is 13.5. The fraction of sp³-hybridized carbons (Fsp3) is 0.462. The molecule has 3 unspecified atom stereocenters. The number of hydrogen-bond acceptors (Lipinski definition) is 6. The molecular formula is C13H12BrN2O5S-. The number of halogens is 1. The Labute approximate surface area is 138 Å². The number of rotatable bonds is 3. The highest BCUT2D eigenvalue weighted by Gasteiger charge is 2.62. The van der Waals surface area contributed by atoms with Crippen LogP contribution in [0.3, 0.4) is 0 Å². The Hall–Kier alpha value is -1.48. The second kappa shape index (κ2) is 5.02. The number of aliphatic carboxylic acids is 1. The molecule has 0 saturated carbocycles. The Morgan fingerprint density at radius 2 is 2.14 bits per heavy atom. The molecule has 0 bridgehead atoms. The Morgan fingerprint density at radius 1 is 1.45 bits per heavy atom. The van der Waals surface area contributed by atoms with Gasteiger partial charge in [-0.2, -0.15) is 0 Å². The van der Waals surface area contributed by atoms with Crippen molar-refractivity contribution in [3.63, 3.8) is 0 Å². The minimum Gasteiger partial charge on any atom is -0.548 e. The fourth-order valence-corrected chi connectivity index (χ4v) is 4.70. The van der Waals surface area contributed by atoms with E-state index in [4.69, 9.17) is 4.42 Å². The van der Waals surface area contributed by atoms with Crippen LogP contribution >= 0.6 is 27.7 Å². The van der Waals surface area contributed by atoms with Gasteiger partial charge in [-0.1, -0.05) is 0 Å². The van der Waals surface area contributed by atoms with E-state index in [1.54, 1.807) is 19.9 Å².